The van der Waals surface area contributed by atoms with Crippen LogP contribution in [0, 0.1) is 23.7 Å². The molecule has 19 heteroatoms. The zero-order valence-corrected chi connectivity index (χ0v) is 64.8. The lowest BCUT2D eigenvalue weighted by Gasteiger charge is -2.21. The number of unbranched alkanes of at least 4 members (excludes halogenated alkanes) is 39. The summed E-state index contributed by atoms with van der Waals surface area (Å²) >= 11 is 0. The third-order valence-corrected chi connectivity index (χ3v) is 20.1. The summed E-state index contributed by atoms with van der Waals surface area (Å²) in [5.41, 5.74) is 0. The lowest BCUT2D eigenvalue weighted by atomic mass is 9.99. The van der Waals surface area contributed by atoms with E-state index in [1.807, 2.05) is 0 Å². The minimum absolute atomic E-state index is 0.104. The maximum absolute atomic E-state index is 13.1. The summed E-state index contributed by atoms with van der Waals surface area (Å²) in [5.74, 6) is 0.931. The molecule has 0 fully saturated rings. The molecule has 0 aromatic rings. The molecule has 96 heavy (non-hydrogen) atoms. The van der Waals surface area contributed by atoms with E-state index in [-0.39, 0.29) is 25.7 Å². The van der Waals surface area contributed by atoms with Crippen molar-refractivity contribution in [3.8, 4) is 0 Å². The lowest BCUT2D eigenvalue weighted by molar-refractivity contribution is -0.161. The molecular formula is C77H150O17P2. The number of phosphoric acid groups is 2. The van der Waals surface area contributed by atoms with Crippen LogP contribution in [0.2, 0.25) is 0 Å². The second kappa shape index (κ2) is 66.3. The van der Waals surface area contributed by atoms with Gasteiger partial charge in [-0.2, -0.15) is 0 Å². The molecule has 17 nitrogen and oxygen atoms in total. The SMILES string of the molecule is CCC(C)CCCCCCCCCCCCCCCCCCCCC(=O)OC[C@H](COP(=O)(O)OCC(O)COP(=O)(O)OC[C@@H](COC(=O)CCCCCCCCCCC(C)C)OC(=O)CCCCCCCCCCCC(C)C)OC(=O)CCCCCCCCCCC(C)C. The Bertz CT molecular complexity index is 1890. The molecule has 0 amide bonds. The summed E-state index contributed by atoms with van der Waals surface area (Å²) in [6.45, 7) is 14.2. The van der Waals surface area contributed by atoms with Gasteiger partial charge in [-0.1, -0.05) is 338 Å². The molecule has 0 bridgehead atoms. The maximum atomic E-state index is 13.1. The fraction of sp³-hybridized carbons (Fsp3) is 0.948. The van der Waals surface area contributed by atoms with Gasteiger partial charge in [0.05, 0.1) is 26.4 Å². The average Bonchev–Trinajstić information content (AvgIpc) is 1.06. The van der Waals surface area contributed by atoms with Gasteiger partial charge in [0, 0.05) is 25.7 Å². The van der Waals surface area contributed by atoms with Gasteiger partial charge in [-0.15, -0.1) is 0 Å². The third kappa shape index (κ3) is 69.2. The predicted molar refractivity (Wildman–Crippen MR) is 391 cm³/mol. The molecule has 6 atom stereocenters. The number of aliphatic hydroxyl groups is 1. The van der Waals surface area contributed by atoms with Crippen LogP contribution in [0.1, 0.15) is 389 Å². The smallest absolute Gasteiger partial charge is 0.462 e. The normalized spacial score (nSPS) is 14.4. The first kappa shape index (κ1) is 94.1. The predicted octanol–water partition coefficient (Wildman–Crippen LogP) is 22.4. The van der Waals surface area contributed by atoms with Crippen LogP contribution in [-0.2, 0) is 65.4 Å². The number of ether oxygens (including phenoxy) is 4. The molecule has 0 rings (SSSR count). The third-order valence-electron chi connectivity index (χ3n) is 18.2. The Morgan fingerprint density at radius 2 is 0.500 bits per heavy atom. The number of carbonyl (C=O) groups excluding carboxylic acids is 4. The van der Waals surface area contributed by atoms with Crippen LogP contribution in [0.25, 0.3) is 0 Å². The standard InChI is InChI=1S/C77H150O17P2/c1-9-70(8)56-48-40-32-22-18-16-14-12-10-11-13-15-17-19-23-33-41-49-57-74(79)87-63-73(94-77(82)60-52-44-36-28-26-31-39-47-55-69(6)7)66-92-96(85,86)90-62-71(78)61-89-95(83,84)91-65-72(64-88-75(80)58-50-42-34-27-25-30-38-46-54-68(4)5)93-76(81)59-51-43-35-24-20-21-29-37-45-53-67(2)3/h67-73,78H,9-66H2,1-8H3,(H,83,84)(H,85,86)/t70?,71?,72-,73-/m1/s1. The molecule has 0 aliphatic carbocycles. The second-order valence-corrected chi connectivity index (χ2v) is 32.3. The van der Waals surface area contributed by atoms with E-state index in [9.17, 15) is 43.2 Å². The van der Waals surface area contributed by atoms with Gasteiger partial charge in [0.25, 0.3) is 0 Å². The van der Waals surface area contributed by atoms with E-state index in [0.717, 1.165) is 114 Å². The molecule has 0 aliphatic heterocycles. The summed E-state index contributed by atoms with van der Waals surface area (Å²) in [7, 11) is -9.91. The molecule has 4 unspecified atom stereocenters. The molecule has 0 aliphatic rings. The van der Waals surface area contributed by atoms with Gasteiger partial charge in [-0.05, 0) is 49.4 Å². The van der Waals surface area contributed by atoms with E-state index in [4.69, 9.17) is 37.0 Å². The Morgan fingerprint density at radius 1 is 0.292 bits per heavy atom. The van der Waals surface area contributed by atoms with E-state index >= 15 is 0 Å². The number of hydrogen-bond acceptors (Lipinski definition) is 15. The number of esters is 4. The number of phosphoric ester groups is 2. The van der Waals surface area contributed by atoms with Crippen LogP contribution in [0.3, 0.4) is 0 Å². The highest BCUT2D eigenvalue weighted by Crippen LogP contribution is 2.45. The van der Waals surface area contributed by atoms with E-state index in [0.29, 0.717) is 25.7 Å². The summed E-state index contributed by atoms with van der Waals surface area (Å²) in [6.07, 6.45) is 51.6. The Balaban J connectivity index is 5.15. The van der Waals surface area contributed by atoms with Crippen LogP contribution in [0.5, 0.6) is 0 Å². The van der Waals surface area contributed by atoms with Gasteiger partial charge in [0.15, 0.2) is 12.2 Å². The molecule has 0 saturated heterocycles. The second-order valence-electron chi connectivity index (χ2n) is 29.4. The topological polar surface area (TPSA) is 237 Å². The van der Waals surface area contributed by atoms with Crippen molar-refractivity contribution in [1.82, 2.24) is 0 Å². The first-order valence-corrected chi connectivity index (χ1v) is 42.7. The average molecular weight is 1410 g/mol. The molecule has 3 N–H and O–H groups in total. The summed E-state index contributed by atoms with van der Waals surface area (Å²) in [6, 6.07) is 0. The molecule has 0 aromatic heterocycles. The molecule has 0 radical (unpaired) electrons. The van der Waals surface area contributed by atoms with Crippen LogP contribution in [-0.4, -0.2) is 96.7 Å². The minimum Gasteiger partial charge on any atom is -0.462 e. The Hall–Kier alpha value is -1.94. The highest BCUT2D eigenvalue weighted by atomic mass is 31.2. The van der Waals surface area contributed by atoms with Gasteiger partial charge in [-0.25, -0.2) is 9.13 Å². The van der Waals surface area contributed by atoms with Crippen LogP contribution in [0.4, 0.5) is 0 Å². The highest BCUT2D eigenvalue weighted by Gasteiger charge is 2.30. The molecule has 0 spiro atoms. The van der Waals surface area contributed by atoms with Crippen molar-refractivity contribution >= 4 is 39.5 Å². The Kier molecular flexibility index (Phi) is 65.0. The minimum atomic E-state index is -4.96. The van der Waals surface area contributed by atoms with Crippen molar-refractivity contribution in [1.29, 1.82) is 0 Å². The number of aliphatic hydroxyl groups excluding tert-OH is 1. The van der Waals surface area contributed by atoms with Gasteiger partial charge >= 0.3 is 39.5 Å². The number of rotatable bonds is 74. The highest BCUT2D eigenvalue weighted by molar-refractivity contribution is 7.47. The van der Waals surface area contributed by atoms with Gasteiger partial charge in [-0.3, -0.25) is 37.3 Å². The Labute approximate surface area is 588 Å². The number of carbonyl (C=O) groups is 4. The summed E-state index contributed by atoms with van der Waals surface area (Å²) in [5, 5.41) is 10.6. The van der Waals surface area contributed by atoms with Crippen LogP contribution in [0.15, 0.2) is 0 Å². The largest absolute Gasteiger partial charge is 0.472 e. The van der Waals surface area contributed by atoms with Crippen molar-refractivity contribution in [2.75, 3.05) is 39.6 Å². The molecule has 0 saturated carbocycles. The van der Waals surface area contributed by atoms with E-state index in [1.54, 1.807) is 0 Å². The molecular weight excluding hydrogens is 1260 g/mol. The fourth-order valence-corrected chi connectivity index (χ4v) is 13.3. The Morgan fingerprint density at radius 3 is 0.740 bits per heavy atom. The van der Waals surface area contributed by atoms with Crippen molar-refractivity contribution < 1.29 is 80.2 Å². The lowest BCUT2D eigenvalue weighted by Crippen LogP contribution is -2.30. The van der Waals surface area contributed by atoms with Gasteiger partial charge < -0.3 is 33.8 Å². The zero-order chi connectivity index (χ0) is 71.0. The van der Waals surface area contributed by atoms with Crippen LogP contribution >= 0.6 is 15.6 Å². The van der Waals surface area contributed by atoms with Crippen LogP contribution < -0.4 is 0 Å². The van der Waals surface area contributed by atoms with Gasteiger partial charge in [0.1, 0.15) is 19.3 Å². The fourth-order valence-electron chi connectivity index (χ4n) is 11.7. The maximum Gasteiger partial charge on any atom is 0.472 e. The number of hydrogen-bond donors (Lipinski definition) is 3. The quantitative estimate of drug-likeness (QED) is 0.0222. The summed E-state index contributed by atoms with van der Waals surface area (Å²) in [4.78, 5) is 72.8. The monoisotopic (exact) mass is 1410 g/mol. The summed E-state index contributed by atoms with van der Waals surface area (Å²) < 4.78 is 68.5. The molecule has 0 heterocycles. The van der Waals surface area contributed by atoms with E-state index < -0.39 is 97.5 Å². The first-order valence-electron chi connectivity index (χ1n) is 39.7. The van der Waals surface area contributed by atoms with Crippen molar-refractivity contribution in [2.24, 2.45) is 23.7 Å². The van der Waals surface area contributed by atoms with Crippen molar-refractivity contribution in [3.05, 3.63) is 0 Å². The van der Waals surface area contributed by atoms with E-state index in [2.05, 4.69) is 55.4 Å². The van der Waals surface area contributed by atoms with Crippen molar-refractivity contribution in [2.45, 2.75) is 408 Å². The van der Waals surface area contributed by atoms with Gasteiger partial charge in [0.2, 0.25) is 0 Å². The molecule has 0 aromatic carbocycles. The van der Waals surface area contributed by atoms with E-state index in [1.165, 1.54) is 193 Å². The first-order chi connectivity index (χ1) is 46.1. The zero-order valence-electron chi connectivity index (χ0n) is 63.0. The molecule has 570 valence electrons. The van der Waals surface area contributed by atoms with Crippen molar-refractivity contribution in [3.63, 3.8) is 0 Å².